The first-order valence-corrected chi connectivity index (χ1v) is 8.35. The fourth-order valence-electron chi connectivity index (χ4n) is 2.12. The molecule has 0 bridgehead atoms. The van der Waals surface area contributed by atoms with Gasteiger partial charge in [0.1, 0.15) is 5.88 Å². The van der Waals surface area contributed by atoms with Crippen molar-refractivity contribution in [2.75, 3.05) is 16.5 Å². The topological polar surface area (TPSA) is 54.5 Å². The molecule has 4 nitrogen and oxygen atoms in total. The van der Waals surface area contributed by atoms with Gasteiger partial charge in [-0.05, 0) is 30.3 Å². The largest absolute Gasteiger partial charge is 0.416 e. The van der Waals surface area contributed by atoms with Crippen LogP contribution in [0.1, 0.15) is 5.56 Å². The Hall–Kier alpha value is -1.54. The Morgan fingerprint density at radius 1 is 1.27 bits per heavy atom. The number of amides is 1. The number of alkyl halides is 4. The first-order chi connectivity index (χ1) is 10.1. The smallest absolute Gasteiger partial charge is 0.303 e. The van der Waals surface area contributed by atoms with Crippen LogP contribution in [0.15, 0.2) is 35.7 Å². The molecule has 0 radical (unpaired) electrons. The van der Waals surface area contributed by atoms with Gasteiger partial charge in [0.25, 0.3) is 0 Å². The number of benzene rings is 1. The van der Waals surface area contributed by atoms with E-state index in [0.717, 1.165) is 34.6 Å². The van der Waals surface area contributed by atoms with Crippen LogP contribution < -0.4 is 4.90 Å². The van der Waals surface area contributed by atoms with Crippen LogP contribution in [0, 0.1) is 0 Å². The number of sulfone groups is 1. The summed E-state index contributed by atoms with van der Waals surface area (Å²) >= 11 is 5.51. The van der Waals surface area contributed by atoms with E-state index in [4.69, 9.17) is 11.6 Å². The monoisotopic (exact) mass is 353 g/mol. The third kappa shape index (κ3) is 3.61. The van der Waals surface area contributed by atoms with Crippen LogP contribution in [0.25, 0.3) is 0 Å². The van der Waals surface area contributed by atoms with Crippen LogP contribution in [-0.2, 0) is 20.8 Å². The van der Waals surface area contributed by atoms with Crippen LogP contribution in [0.4, 0.5) is 18.9 Å². The number of halogens is 4. The Labute approximate surface area is 130 Å². The summed E-state index contributed by atoms with van der Waals surface area (Å²) in [6, 6.07) is 3.11. The zero-order chi connectivity index (χ0) is 16.5. The number of hydrogen-bond donors (Lipinski definition) is 0. The zero-order valence-electron chi connectivity index (χ0n) is 11.0. The van der Waals surface area contributed by atoms with E-state index in [1.807, 2.05) is 0 Å². The molecule has 1 atom stereocenters. The average molecular weight is 354 g/mol. The molecule has 22 heavy (non-hydrogen) atoms. The minimum absolute atomic E-state index is 0.158. The predicted molar refractivity (Wildman–Crippen MR) is 76.4 cm³/mol. The Morgan fingerprint density at radius 2 is 1.86 bits per heavy atom. The fourth-order valence-corrected chi connectivity index (χ4v) is 3.51. The SMILES string of the molecule is O=C(CCl)N(c1ccc(C(F)(F)F)cc1)[C@H]1C=CS(=O)(=O)C1. The molecule has 1 aliphatic heterocycles. The summed E-state index contributed by atoms with van der Waals surface area (Å²) in [5, 5.41) is 0.982. The second kappa shape index (κ2) is 5.92. The van der Waals surface area contributed by atoms with Crippen LogP contribution >= 0.6 is 11.6 Å². The van der Waals surface area contributed by atoms with Gasteiger partial charge < -0.3 is 4.90 Å². The van der Waals surface area contributed by atoms with Crippen LogP contribution in [0.5, 0.6) is 0 Å². The maximum Gasteiger partial charge on any atom is 0.416 e. The standard InChI is InChI=1S/C13H11ClF3NO3S/c14-7-12(19)18(11-5-6-22(20,21)8-11)10-3-1-9(2-4-10)13(15,16)17/h1-6,11H,7-8H2/t11-/m0/s1. The zero-order valence-corrected chi connectivity index (χ0v) is 12.6. The number of nitrogens with zero attached hydrogens (tertiary/aromatic N) is 1. The van der Waals surface area contributed by atoms with E-state index in [2.05, 4.69) is 0 Å². The summed E-state index contributed by atoms with van der Waals surface area (Å²) in [5.74, 6) is -1.32. The van der Waals surface area contributed by atoms with Gasteiger partial charge in [-0.15, -0.1) is 11.6 Å². The lowest BCUT2D eigenvalue weighted by Gasteiger charge is -2.27. The van der Waals surface area contributed by atoms with Gasteiger partial charge in [-0.1, -0.05) is 0 Å². The molecule has 2 rings (SSSR count). The summed E-state index contributed by atoms with van der Waals surface area (Å²) < 4.78 is 60.6. The van der Waals surface area contributed by atoms with Crippen molar-refractivity contribution in [3.05, 3.63) is 41.3 Å². The maximum atomic E-state index is 12.6. The highest BCUT2D eigenvalue weighted by Crippen LogP contribution is 2.31. The number of carbonyl (C=O) groups excluding carboxylic acids is 1. The lowest BCUT2D eigenvalue weighted by molar-refractivity contribution is -0.137. The summed E-state index contributed by atoms with van der Waals surface area (Å²) in [7, 11) is -3.42. The Balaban J connectivity index is 2.35. The minimum atomic E-state index is -4.49. The van der Waals surface area contributed by atoms with Gasteiger partial charge in [-0.25, -0.2) is 8.42 Å². The van der Waals surface area contributed by atoms with Crippen molar-refractivity contribution >= 4 is 33.0 Å². The van der Waals surface area contributed by atoms with Gasteiger partial charge in [-0.2, -0.15) is 13.2 Å². The van der Waals surface area contributed by atoms with E-state index < -0.39 is 39.4 Å². The molecule has 120 valence electrons. The Morgan fingerprint density at radius 3 is 2.27 bits per heavy atom. The first-order valence-electron chi connectivity index (χ1n) is 6.10. The lowest BCUT2D eigenvalue weighted by Crippen LogP contribution is -2.42. The van der Waals surface area contributed by atoms with E-state index in [1.54, 1.807) is 0 Å². The molecular formula is C13H11ClF3NO3S. The minimum Gasteiger partial charge on any atom is -0.303 e. The van der Waals surface area contributed by atoms with Crippen molar-refractivity contribution in [3.63, 3.8) is 0 Å². The summed E-state index contributed by atoms with van der Waals surface area (Å²) in [6.07, 6.45) is -3.17. The molecule has 0 spiro atoms. The molecule has 0 aromatic heterocycles. The van der Waals surface area contributed by atoms with Gasteiger partial charge in [0.05, 0.1) is 17.4 Å². The molecule has 0 fully saturated rings. The highest BCUT2D eigenvalue weighted by atomic mass is 35.5. The van der Waals surface area contributed by atoms with Gasteiger partial charge in [0, 0.05) is 11.1 Å². The highest BCUT2D eigenvalue weighted by Gasteiger charge is 2.33. The van der Waals surface area contributed by atoms with E-state index in [-0.39, 0.29) is 11.4 Å². The van der Waals surface area contributed by atoms with Gasteiger partial charge >= 0.3 is 6.18 Å². The Kier molecular flexibility index (Phi) is 4.53. The number of hydrogen-bond acceptors (Lipinski definition) is 3. The third-order valence-corrected chi connectivity index (χ3v) is 4.71. The van der Waals surface area contributed by atoms with E-state index in [9.17, 15) is 26.4 Å². The molecule has 1 amide bonds. The molecule has 0 saturated heterocycles. The van der Waals surface area contributed by atoms with E-state index in [0.29, 0.717) is 0 Å². The van der Waals surface area contributed by atoms with Crippen molar-refractivity contribution in [2.24, 2.45) is 0 Å². The highest BCUT2D eigenvalue weighted by molar-refractivity contribution is 7.94. The van der Waals surface area contributed by atoms with Crippen molar-refractivity contribution in [1.29, 1.82) is 0 Å². The number of anilines is 1. The number of carbonyl (C=O) groups is 1. The molecule has 9 heteroatoms. The molecule has 1 heterocycles. The summed E-state index contributed by atoms with van der Waals surface area (Å²) in [4.78, 5) is 13.0. The molecule has 0 saturated carbocycles. The van der Waals surface area contributed by atoms with Crippen molar-refractivity contribution in [3.8, 4) is 0 Å². The van der Waals surface area contributed by atoms with Gasteiger partial charge in [0.2, 0.25) is 5.91 Å². The van der Waals surface area contributed by atoms with E-state index in [1.165, 1.54) is 6.08 Å². The molecule has 0 aliphatic carbocycles. The molecule has 1 aromatic carbocycles. The molecule has 1 aliphatic rings. The van der Waals surface area contributed by atoms with Crippen LogP contribution in [0.2, 0.25) is 0 Å². The number of rotatable bonds is 3. The van der Waals surface area contributed by atoms with Crippen molar-refractivity contribution < 1.29 is 26.4 Å². The maximum absolute atomic E-state index is 12.6. The van der Waals surface area contributed by atoms with Crippen LogP contribution in [0.3, 0.4) is 0 Å². The average Bonchev–Trinajstić information content (AvgIpc) is 2.78. The molecular weight excluding hydrogens is 343 g/mol. The third-order valence-electron chi connectivity index (χ3n) is 3.10. The quantitative estimate of drug-likeness (QED) is 0.785. The fraction of sp³-hybridized carbons (Fsp3) is 0.308. The van der Waals surface area contributed by atoms with Gasteiger partial charge in [-0.3, -0.25) is 4.79 Å². The lowest BCUT2D eigenvalue weighted by atomic mass is 10.1. The van der Waals surface area contributed by atoms with Gasteiger partial charge in [0.15, 0.2) is 9.84 Å². The molecule has 1 aromatic rings. The van der Waals surface area contributed by atoms with Crippen molar-refractivity contribution in [2.45, 2.75) is 12.2 Å². The molecule has 0 unspecified atom stereocenters. The second-order valence-electron chi connectivity index (χ2n) is 4.67. The Bertz CT molecular complexity index is 698. The first kappa shape index (κ1) is 16.8. The predicted octanol–water partition coefficient (Wildman–Crippen LogP) is 2.59. The van der Waals surface area contributed by atoms with Crippen molar-refractivity contribution in [1.82, 2.24) is 0 Å². The van der Waals surface area contributed by atoms with Crippen LogP contribution in [-0.4, -0.2) is 32.0 Å². The second-order valence-corrected chi connectivity index (χ2v) is 6.87. The normalized spacial score (nSPS) is 20.1. The van der Waals surface area contributed by atoms with E-state index >= 15 is 0 Å². The summed E-state index contributed by atoms with van der Waals surface area (Å²) in [5.41, 5.74) is -0.700. The molecule has 0 N–H and O–H groups in total. The summed E-state index contributed by atoms with van der Waals surface area (Å²) in [6.45, 7) is 0.